The number of alkyl halides is 2. The van der Waals surface area contributed by atoms with Gasteiger partial charge in [0.25, 0.3) is 0 Å². The highest BCUT2D eigenvalue weighted by Gasteiger charge is 2.53. The number of H-pyrrole nitrogens is 1. The average Bonchev–Trinajstić information content (AvgIpc) is 3.44. The lowest BCUT2D eigenvalue weighted by molar-refractivity contribution is 0.0410. The van der Waals surface area contributed by atoms with Crippen LogP contribution in [0.15, 0.2) is 62.8 Å². The van der Waals surface area contributed by atoms with Gasteiger partial charge in [0.05, 0.1) is 23.7 Å². The fourth-order valence-electron chi connectivity index (χ4n) is 5.83. The van der Waals surface area contributed by atoms with Crippen LogP contribution in [0.5, 0.6) is 0 Å². The van der Waals surface area contributed by atoms with Gasteiger partial charge in [0.1, 0.15) is 0 Å². The summed E-state index contributed by atoms with van der Waals surface area (Å²) in [6, 6.07) is 9.73. The molecule has 0 spiro atoms. The molecule has 0 amide bonds. The van der Waals surface area contributed by atoms with Crippen molar-refractivity contribution in [2.75, 3.05) is 26.1 Å². The van der Waals surface area contributed by atoms with Crippen molar-refractivity contribution < 1.29 is 35.9 Å². The van der Waals surface area contributed by atoms with Crippen molar-refractivity contribution in [2.24, 2.45) is 0 Å². The van der Waals surface area contributed by atoms with Crippen molar-refractivity contribution in [1.82, 2.24) is 9.55 Å². The number of unbranched alkanes of at least 4 members (excludes halogenated alkanes) is 13. The normalized spacial score (nSPS) is 13.5. The van der Waals surface area contributed by atoms with Gasteiger partial charge < -0.3 is 19.1 Å². The summed E-state index contributed by atoms with van der Waals surface area (Å²) < 4.78 is 78.5. The van der Waals surface area contributed by atoms with E-state index >= 15 is 8.78 Å². The maximum Gasteiger partial charge on any atom is 0.401 e. The van der Waals surface area contributed by atoms with Crippen LogP contribution in [-0.2, 0) is 35.9 Å². The second-order valence-electron chi connectivity index (χ2n) is 13.1. The molecule has 0 saturated heterocycles. The molecule has 0 bridgehead atoms. The Bertz CT molecular complexity index is 1700. The number of hydrogen-bond donors (Lipinski definition) is 2. The van der Waals surface area contributed by atoms with Crippen LogP contribution in [0.25, 0.3) is 11.3 Å². The fourth-order valence-corrected chi connectivity index (χ4v) is 8.33. The average molecular weight is 820 g/mol. The number of aromatic amines is 1. The van der Waals surface area contributed by atoms with Crippen molar-refractivity contribution in [2.45, 2.75) is 120 Å². The van der Waals surface area contributed by atoms with Gasteiger partial charge in [0.15, 0.2) is 9.84 Å². The number of ether oxygens (including phenoxy) is 1. The van der Waals surface area contributed by atoms with E-state index in [2.05, 4.69) is 27.8 Å². The molecule has 1 aromatic heterocycles. The maximum absolute atomic E-state index is 15.3. The number of aromatic nitrogens is 2. The molecular weight excluding hydrogens is 765 g/mol. The van der Waals surface area contributed by atoms with Gasteiger partial charge in [-0.2, -0.15) is 8.78 Å². The third kappa shape index (κ3) is 14.0. The van der Waals surface area contributed by atoms with Crippen molar-refractivity contribution in [3.05, 3.63) is 74.7 Å². The minimum atomic E-state index is -5.40. The van der Waals surface area contributed by atoms with Crippen LogP contribution in [0.4, 0.5) is 8.78 Å². The zero-order valence-electron chi connectivity index (χ0n) is 29.9. The Balaban J connectivity index is 1.37. The van der Waals surface area contributed by atoms with E-state index in [9.17, 15) is 22.7 Å². The lowest BCUT2D eigenvalue weighted by atomic mass is 10.0. The molecule has 2 aromatic carbocycles. The van der Waals surface area contributed by atoms with E-state index in [4.69, 9.17) is 9.26 Å². The zero-order valence-corrected chi connectivity index (χ0v) is 33.2. The van der Waals surface area contributed by atoms with Crippen LogP contribution >= 0.6 is 23.5 Å². The van der Waals surface area contributed by atoms with Gasteiger partial charge in [-0.05, 0) is 42.2 Å². The largest absolute Gasteiger partial charge is 0.401 e. The van der Waals surface area contributed by atoms with Gasteiger partial charge in [-0.15, -0.1) is 0 Å². The second-order valence-corrected chi connectivity index (χ2v) is 17.9. The highest BCUT2D eigenvalue weighted by molar-refractivity contribution is 9.10. The molecule has 0 aliphatic rings. The summed E-state index contributed by atoms with van der Waals surface area (Å²) in [6.45, 7) is 2.67. The highest BCUT2D eigenvalue weighted by atomic mass is 79.9. The Morgan fingerprint density at radius 2 is 1.39 bits per heavy atom. The topological polar surface area (TPSA) is 128 Å². The van der Waals surface area contributed by atoms with Crippen molar-refractivity contribution >= 4 is 33.4 Å². The quantitative estimate of drug-likeness (QED) is 0.0610. The van der Waals surface area contributed by atoms with Gasteiger partial charge in [-0.1, -0.05) is 131 Å². The molecule has 9 nitrogen and oxygen atoms in total. The van der Waals surface area contributed by atoms with E-state index < -0.39 is 34.3 Å². The summed E-state index contributed by atoms with van der Waals surface area (Å²) in [4.78, 5) is 25.5. The summed E-state index contributed by atoms with van der Waals surface area (Å²) in [5, 5.41) is 0. The van der Waals surface area contributed by atoms with Gasteiger partial charge in [-0.25, -0.2) is 13.2 Å². The third-order valence-electron chi connectivity index (χ3n) is 8.84. The predicted octanol–water partition coefficient (Wildman–Crippen LogP) is 10.2. The van der Waals surface area contributed by atoms with Crippen LogP contribution in [0, 0.1) is 0 Å². The van der Waals surface area contributed by atoms with Gasteiger partial charge in [0, 0.05) is 35.7 Å². The third-order valence-corrected chi connectivity index (χ3v) is 12.1. The Kier molecular flexibility index (Phi) is 18.3. The van der Waals surface area contributed by atoms with Crippen LogP contribution in [-0.4, -0.2) is 48.9 Å². The molecule has 0 saturated carbocycles. The monoisotopic (exact) mass is 818 g/mol. The summed E-state index contributed by atoms with van der Waals surface area (Å²) in [6.07, 6.45) is 20.5. The first-order valence-electron chi connectivity index (χ1n) is 18.1. The molecule has 1 unspecified atom stereocenters. The van der Waals surface area contributed by atoms with E-state index in [1.807, 2.05) is 0 Å². The first kappa shape index (κ1) is 43.3. The van der Waals surface area contributed by atoms with Crippen molar-refractivity contribution in [1.29, 1.82) is 0 Å². The minimum absolute atomic E-state index is 0.0113. The highest BCUT2D eigenvalue weighted by Crippen LogP contribution is 2.64. The minimum Gasteiger partial charge on any atom is -0.381 e. The number of hydrogen-bond acceptors (Lipinski definition) is 6. The Hall–Kier alpha value is -2.15. The molecule has 286 valence electrons. The summed E-state index contributed by atoms with van der Waals surface area (Å²) >= 11 is 3.11. The zero-order chi connectivity index (χ0) is 37.3. The molecule has 1 heterocycles. The number of halogens is 3. The van der Waals surface area contributed by atoms with Crippen LogP contribution in [0.2, 0.25) is 0 Å². The van der Waals surface area contributed by atoms with Gasteiger partial charge in [-0.3, -0.25) is 9.13 Å². The maximum atomic E-state index is 15.3. The fraction of sp³-hybridized carbons (Fsp3) is 0.595. The van der Waals surface area contributed by atoms with Crippen molar-refractivity contribution in [3.8, 4) is 11.3 Å². The predicted molar refractivity (Wildman–Crippen MR) is 202 cm³/mol. The number of benzene rings is 2. The molecule has 3 aromatic rings. The molecule has 14 heteroatoms. The first-order chi connectivity index (χ1) is 24.3. The molecule has 2 N–H and O–H groups in total. The summed E-state index contributed by atoms with van der Waals surface area (Å²) in [5.74, 6) is 0. The second kappa shape index (κ2) is 21.5. The molecule has 51 heavy (non-hydrogen) atoms. The van der Waals surface area contributed by atoms with Gasteiger partial charge >= 0.3 is 18.9 Å². The lowest BCUT2D eigenvalue weighted by Gasteiger charge is -2.23. The van der Waals surface area contributed by atoms with E-state index in [1.165, 1.54) is 106 Å². The van der Waals surface area contributed by atoms with E-state index in [0.717, 1.165) is 31.6 Å². The van der Waals surface area contributed by atoms with E-state index in [0.29, 0.717) is 23.4 Å². The smallest absolute Gasteiger partial charge is 0.381 e. The number of rotatable bonds is 26. The Labute approximate surface area is 310 Å². The van der Waals surface area contributed by atoms with Crippen LogP contribution < -0.4 is 5.69 Å². The molecule has 3 rings (SSSR count). The Morgan fingerprint density at radius 1 is 0.843 bits per heavy atom. The SMILES string of the molecule is CCCCCCCCCCCCCCCCOCCCOP(=O)(O)C(F)(F)c1ccc(Cn2c(-c3ccc(S(C)(=O)=O)cc3)c[nH]c2=O)cc1Br. The van der Waals surface area contributed by atoms with E-state index in [1.54, 1.807) is 12.1 Å². The molecule has 1 atom stereocenters. The standard InChI is InChI=1S/C37H54BrF2N2O7PS/c1-3-4-5-6-7-8-9-10-11-12-13-14-15-16-24-48-25-17-26-49-50(44,45)37(39,40)33-23-18-30(27-34(33)38)29-42-35(28-41-36(42)43)31-19-21-32(22-20-31)51(2,46)47/h18-23,27-28H,3-17,24-26,29H2,1-2H3,(H,41,43)(H,44,45). The summed E-state index contributed by atoms with van der Waals surface area (Å²) in [7, 11) is -8.80. The molecule has 0 radical (unpaired) electrons. The molecular formula is C37H54BrF2N2O7PS. The van der Waals surface area contributed by atoms with Crippen LogP contribution in [0.1, 0.15) is 114 Å². The molecule has 0 fully saturated rings. The Morgan fingerprint density at radius 3 is 1.94 bits per heavy atom. The van der Waals surface area contributed by atoms with E-state index in [-0.39, 0.29) is 35.5 Å². The number of nitrogens with one attached hydrogen (secondary N) is 1. The van der Waals surface area contributed by atoms with Crippen molar-refractivity contribution in [3.63, 3.8) is 0 Å². The van der Waals surface area contributed by atoms with Crippen LogP contribution in [0.3, 0.4) is 0 Å². The number of nitrogens with zero attached hydrogens (tertiary/aromatic N) is 1. The number of sulfone groups is 1. The first-order valence-corrected chi connectivity index (χ1v) is 22.3. The lowest BCUT2D eigenvalue weighted by Crippen LogP contribution is -2.19. The summed E-state index contributed by atoms with van der Waals surface area (Å²) in [5.41, 5.74) is -3.88. The van der Waals surface area contributed by atoms with Gasteiger partial charge in [0.2, 0.25) is 0 Å². The molecule has 0 aliphatic heterocycles. The molecule has 0 aliphatic carbocycles. The number of imidazole rings is 1.